The summed E-state index contributed by atoms with van der Waals surface area (Å²) < 4.78 is 5.46. The highest BCUT2D eigenvalue weighted by Gasteiger charge is 2.02. The number of hydrogen-bond acceptors (Lipinski definition) is 4. The standard InChI is InChI=1S/C12H15N3O2/c13-9-10-5-1-2-6-11(10)17-8-4-3-7-12(16)15-14/h1-2,5-6H,3-4,7-8,14H2,(H,15,16). The maximum absolute atomic E-state index is 10.8. The Hall–Kier alpha value is -2.06. The van der Waals surface area contributed by atoms with Crippen molar-refractivity contribution in [2.24, 2.45) is 5.84 Å². The van der Waals surface area contributed by atoms with Crippen molar-refractivity contribution in [3.63, 3.8) is 0 Å². The van der Waals surface area contributed by atoms with Gasteiger partial charge in [0, 0.05) is 6.42 Å². The second kappa shape index (κ2) is 7.25. The number of carbonyl (C=O) groups excluding carboxylic acids is 1. The van der Waals surface area contributed by atoms with E-state index < -0.39 is 0 Å². The molecule has 3 N–H and O–H groups in total. The number of hydrogen-bond donors (Lipinski definition) is 2. The van der Waals surface area contributed by atoms with Crippen LogP contribution >= 0.6 is 0 Å². The van der Waals surface area contributed by atoms with Crippen molar-refractivity contribution >= 4 is 5.91 Å². The van der Waals surface area contributed by atoms with Gasteiger partial charge in [0.2, 0.25) is 5.91 Å². The molecule has 0 spiro atoms. The first-order chi connectivity index (χ1) is 8.27. The summed E-state index contributed by atoms with van der Waals surface area (Å²) >= 11 is 0. The monoisotopic (exact) mass is 233 g/mol. The molecule has 0 atom stereocenters. The van der Waals surface area contributed by atoms with Crippen molar-refractivity contribution in [3.05, 3.63) is 29.8 Å². The molecule has 0 saturated heterocycles. The predicted octanol–water partition coefficient (Wildman–Crippen LogP) is 1.10. The van der Waals surface area contributed by atoms with Crippen molar-refractivity contribution < 1.29 is 9.53 Å². The average molecular weight is 233 g/mol. The van der Waals surface area contributed by atoms with Gasteiger partial charge in [0.1, 0.15) is 11.8 Å². The first-order valence-electron chi connectivity index (χ1n) is 5.39. The molecule has 0 aliphatic heterocycles. The second-order valence-corrected chi connectivity index (χ2v) is 3.48. The fourth-order valence-electron chi connectivity index (χ4n) is 1.33. The van der Waals surface area contributed by atoms with Crippen molar-refractivity contribution in [1.29, 1.82) is 5.26 Å². The minimum Gasteiger partial charge on any atom is -0.492 e. The predicted molar refractivity (Wildman–Crippen MR) is 62.8 cm³/mol. The van der Waals surface area contributed by atoms with Crippen LogP contribution in [0.2, 0.25) is 0 Å². The van der Waals surface area contributed by atoms with Crippen LogP contribution in [0.1, 0.15) is 24.8 Å². The molecular formula is C12H15N3O2. The molecule has 5 nitrogen and oxygen atoms in total. The highest BCUT2D eigenvalue weighted by molar-refractivity contribution is 5.75. The summed E-state index contributed by atoms with van der Waals surface area (Å²) in [7, 11) is 0. The lowest BCUT2D eigenvalue weighted by molar-refractivity contribution is -0.121. The Bertz CT molecular complexity index is 412. The number of nitrogens with one attached hydrogen (secondary N) is 1. The van der Waals surface area contributed by atoms with Crippen LogP contribution in [0.4, 0.5) is 0 Å². The van der Waals surface area contributed by atoms with Crippen LogP contribution in [-0.2, 0) is 4.79 Å². The number of benzene rings is 1. The minimum atomic E-state index is -0.178. The molecule has 0 aromatic heterocycles. The van der Waals surface area contributed by atoms with E-state index in [1.54, 1.807) is 18.2 Å². The van der Waals surface area contributed by atoms with E-state index in [0.717, 1.165) is 6.42 Å². The molecule has 90 valence electrons. The maximum Gasteiger partial charge on any atom is 0.233 e. The number of amides is 1. The molecule has 1 rings (SSSR count). The van der Waals surface area contributed by atoms with E-state index >= 15 is 0 Å². The SMILES string of the molecule is N#Cc1ccccc1OCCCCC(=O)NN. The third-order valence-corrected chi connectivity index (χ3v) is 2.22. The number of nitrogens with zero attached hydrogens (tertiary/aromatic N) is 1. The first-order valence-corrected chi connectivity index (χ1v) is 5.39. The molecular weight excluding hydrogens is 218 g/mol. The summed E-state index contributed by atoms with van der Waals surface area (Å²) in [6, 6.07) is 9.13. The summed E-state index contributed by atoms with van der Waals surface area (Å²) in [6.07, 6.45) is 1.84. The Morgan fingerprint density at radius 2 is 2.18 bits per heavy atom. The van der Waals surface area contributed by atoms with Crippen LogP contribution in [0.5, 0.6) is 5.75 Å². The zero-order valence-corrected chi connectivity index (χ0v) is 9.48. The van der Waals surface area contributed by atoms with E-state index in [4.69, 9.17) is 15.8 Å². The van der Waals surface area contributed by atoms with Crippen molar-refractivity contribution in [2.45, 2.75) is 19.3 Å². The number of nitriles is 1. The lowest BCUT2D eigenvalue weighted by Gasteiger charge is -2.06. The summed E-state index contributed by atoms with van der Waals surface area (Å²) in [4.78, 5) is 10.8. The molecule has 1 aromatic carbocycles. The number of para-hydroxylation sites is 1. The Balaban J connectivity index is 2.27. The van der Waals surface area contributed by atoms with E-state index in [1.165, 1.54) is 0 Å². The molecule has 0 radical (unpaired) electrons. The van der Waals surface area contributed by atoms with Gasteiger partial charge in [0.05, 0.1) is 12.2 Å². The largest absolute Gasteiger partial charge is 0.492 e. The van der Waals surface area contributed by atoms with Crippen LogP contribution < -0.4 is 16.0 Å². The molecule has 1 aromatic rings. The number of carbonyl (C=O) groups is 1. The van der Waals surface area contributed by atoms with E-state index in [-0.39, 0.29) is 5.91 Å². The van der Waals surface area contributed by atoms with E-state index in [9.17, 15) is 4.79 Å². The quantitative estimate of drug-likeness (QED) is 0.333. The summed E-state index contributed by atoms with van der Waals surface area (Å²) in [5.41, 5.74) is 2.59. The third-order valence-electron chi connectivity index (χ3n) is 2.22. The molecule has 0 heterocycles. The zero-order valence-electron chi connectivity index (χ0n) is 9.48. The molecule has 0 saturated carbocycles. The van der Waals surface area contributed by atoms with Gasteiger partial charge in [-0.15, -0.1) is 0 Å². The molecule has 0 bridgehead atoms. The van der Waals surface area contributed by atoms with Crippen LogP contribution in [0.25, 0.3) is 0 Å². The Morgan fingerprint density at radius 1 is 1.41 bits per heavy atom. The lowest BCUT2D eigenvalue weighted by Crippen LogP contribution is -2.29. The minimum absolute atomic E-state index is 0.178. The molecule has 17 heavy (non-hydrogen) atoms. The Kier molecular flexibility index (Phi) is 5.55. The van der Waals surface area contributed by atoms with Gasteiger partial charge in [-0.3, -0.25) is 10.2 Å². The van der Waals surface area contributed by atoms with E-state index in [2.05, 4.69) is 11.5 Å². The van der Waals surface area contributed by atoms with Gasteiger partial charge in [-0.25, -0.2) is 5.84 Å². The molecule has 1 amide bonds. The highest BCUT2D eigenvalue weighted by atomic mass is 16.5. The van der Waals surface area contributed by atoms with Gasteiger partial charge in [-0.1, -0.05) is 12.1 Å². The number of hydrazine groups is 1. The summed E-state index contributed by atoms with van der Waals surface area (Å²) in [5, 5.41) is 8.83. The molecule has 5 heteroatoms. The second-order valence-electron chi connectivity index (χ2n) is 3.48. The van der Waals surface area contributed by atoms with E-state index in [1.807, 2.05) is 6.07 Å². The average Bonchev–Trinajstić information content (AvgIpc) is 2.38. The smallest absolute Gasteiger partial charge is 0.233 e. The van der Waals surface area contributed by atoms with Crippen LogP contribution in [0.3, 0.4) is 0 Å². The Labute approximate surface area is 100 Å². The van der Waals surface area contributed by atoms with Gasteiger partial charge < -0.3 is 4.74 Å². The molecule has 0 fully saturated rings. The third kappa shape index (κ3) is 4.53. The maximum atomic E-state index is 10.8. The van der Waals surface area contributed by atoms with E-state index in [0.29, 0.717) is 30.8 Å². The number of rotatable bonds is 6. The van der Waals surface area contributed by atoms with Gasteiger partial charge in [-0.05, 0) is 25.0 Å². The lowest BCUT2D eigenvalue weighted by atomic mass is 10.2. The zero-order chi connectivity index (χ0) is 12.5. The molecule has 0 unspecified atom stereocenters. The number of ether oxygens (including phenoxy) is 1. The first kappa shape index (κ1) is 13.0. The van der Waals surface area contributed by atoms with Gasteiger partial charge in [0.15, 0.2) is 0 Å². The van der Waals surface area contributed by atoms with Gasteiger partial charge in [0.25, 0.3) is 0 Å². The number of nitrogens with two attached hydrogens (primary N) is 1. The Morgan fingerprint density at radius 3 is 2.88 bits per heavy atom. The highest BCUT2D eigenvalue weighted by Crippen LogP contribution is 2.16. The molecule has 0 aliphatic rings. The summed E-state index contributed by atoms with van der Waals surface area (Å²) in [6.45, 7) is 0.483. The fraction of sp³-hybridized carbons (Fsp3) is 0.333. The van der Waals surface area contributed by atoms with Crippen LogP contribution in [0, 0.1) is 11.3 Å². The van der Waals surface area contributed by atoms with Crippen molar-refractivity contribution in [1.82, 2.24) is 5.43 Å². The summed E-state index contributed by atoms with van der Waals surface area (Å²) in [5.74, 6) is 5.35. The fourth-order valence-corrected chi connectivity index (χ4v) is 1.33. The number of unbranched alkanes of at least 4 members (excludes halogenated alkanes) is 1. The van der Waals surface area contributed by atoms with Crippen LogP contribution in [0.15, 0.2) is 24.3 Å². The normalized spacial score (nSPS) is 9.41. The van der Waals surface area contributed by atoms with Crippen molar-refractivity contribution in [2.75, 3.05) is 6.61 Å². The van der Waals surface area contributed by atoms with Crippen molar-refractivity contribution in [3.8, 4) is 11.8 Å². The topological polar surface area (TPSA) is 88.1 Å². The van der Waals surface area contributed by atoms with Gasteiger partial charge in [-0.2, -0.15) is 5.26 Å². The van der Waals surface area contributed by atoms with Gasteiger partial charge >= 0.3 is 0 Å². The van der Waals surface area contributed by atoms with Crippen LogP contribution in [-0.4, -0.2) is 12.5 Å². The molecule has 0 aliphatic carbocycles.